The summed E-state index contributed by atoms with van der Waals surface area (Å²) < 4.78 is 10.6. The lowest BCUT2D eigenvalue weighted by atomic mass is 10.0. The Morgan fingerprint density at radius 2 is 1.77 bits per heavy atom. The third-order valence-corrected chi connectivity index (χ3v) is 4.11. The first-order valence-electron chi connectivity index (χ1n) is 8.75. The molecule has 0 saturated heterocycles. The third-order valence-electron chi connectivity index (χ3n) is 4.11. The average molecular weight is 354 g/mol. The number of benzene rings is 2. The summed E-state index contributed by atoms with van der Waals surface area (Å²) in [7, 11) is 3.28. The topological polar surface area (TPSA) is 71.4 Å². The molecule has 5 heteroatoms. The molecule has 0 saturated carbocycles. The van der Waals surface area contributed by atoms with Gasteiger partial charge in [0.05, 0.1) is 14.2 Å². The highest BCUT2D eigenvalue weighted by atomic mass is 16.5. The quantitative estimate of drug-likeness (QED) is 0.627. The number of hydrogen-bond donors (Lipinski definition) is 2. The lowest BCUT2D eigenvalue weighted by Gasteiger charge is -2.10. The van der Waals surface area contributed by atoms with Crippen molar-refractivity contribution in [2.75, 3.05) is 19.5 Å². The van der Waals surface area contributed by atoms with Gasteiger partial charge in [-0.1, -0.05) is 18.2 Å². The summed E-state index contributed by atoms with van der Waals surface area (Å²) in [4.78, 5) is 11.8. The average Bonchev–Trinajstić information content (AvgIpc) is 2.66. The first-order chi connectivity index (χ1) is 12.7. The van der Waals surface area contributed by atoms with Gasteiger partial charge >= 0.3 is 0 Å². The summed E-state index contributed by atoms with van der Waals surface area (Å²) in [6.07, 6.45) is 4.93. The monoisotopic (exact) mass is 354 g/mol. The lowest BCUT2D eigenvalue weighted by molar-refractivity contribution is -0.116. The zero-order chi connectivity index (χ0) is 18.8. The Labute approximate surface area is 154 Å². The van der Waals surface area contributed by atoms with Crippen LogP contribution in [0.15, 0.2) is 42.5 Å². The molecule has 0 aliphatic rings. The molecule has 0 aliphatic carbocycles. The van der Waals surface area contributed by atoms with Crippen LogP contribution in [0.25, 0.3) is 0 Å². The van der Waals surface area contributed by atoms with Crippen LogP contribution in [0.5, 0.6) is 11.5 Å². The van der Waals surface area contributed by atoms with E-state index in [0.717, 1.165) is 36.4 Å². The second-order valence-corrected chi connectivity index (χ2v) is 6.03. The lowest BCUT2D eigenvalue weighted by Crippen LogP contribution is -2.11. The highest BCUT2D eigenvalue weighted by molar-refractivity contribution is 5.91. The summed E-state index contributed by atoms with van der Waals surface area (Å²) in [5.41, 5.74) is 3.21. The molecule has 0 spiro atoms. The maximum absolute atomic E-state index is 11.8. The van der Waals surface area contributed by atoms with Crippen LogP contribution in [-0.4, -0.2) is 26.3 Å². The number of anilines is 1. The van der Waals surface area contributed by atoms with Gasteiger partial charge in [0.1, 0.15) is 0 Å². The predicted molar refractivity (Wildman–Crippen MR) is 105 cm³/mol. The molecule has 26 heavy (non-hydrogen) atoms. The minimum absolute atomic E-state index is 0.0593. The van der Waals surface area contributed by atoms with Gasteiger partial charge in [0.15, 0.2) is 11.5 Å². The van der Waals surface area contributed by atoms with Crippen LogP contribution in [0, 0.1) is 5.41 Å². The van der Waals surface area contributed by atoms with Crippen LogP contribution in [0.3, 0.4) is 0 Å². The molecular formula is C21H26N2O3. The maximum atomic E-state index is 11.8. The number of carbonyl (C=O) groups excluding carboxylic acids is 1. The van der Waals surface area contributed by atoms with Crippen LogP contribution in [0.1, 0.15) is 30.4 Å². The fourth-order valence-electron chi connectivity index (χ4n) is 2.76. The molecule has 0 bridgehead atoms. The number of hydrogen-bond acceptors (Lipinski definition) is 4. The van der Waals surface area contributed by atoms with Crippen molar-refractivity contribution >= 4 is 17.8 Å². The molecule has 5 nitrogen and oxygen atoms in total. The summed E-state index contributed by atoms with van der Waals surface area (Å²) in [6.45, 7) is 0. The molecule has 2 aromatic carbocycles. The van der Waals surface area contributed by atoms with Crippen LogP contribution < -0.4 is 14.8 Å². The molecule has 138 valence electrons. The van der Waals surface area contributed by atoms with Crippen molar-refractivity contribution in [3.8, 4) is 11.5 Å². The Bertz CT molecular complexity index is 744. The molecule has 0 aliphatic heterocycles. The third kappa shape index (κ3) is 5.92. The summed E-state index contributed by atoms with van der Waals surface area (Å²) in [6, 6.07) is 13.9. The first-order valence-corrected chi connectivity index (χ1v) is 8.75. The molecule has 1 amide bonds. The van der Waals surface area contributed by atoms with Crippen molar-refractivity contribution in [1.82, 2.24) is 0 Å². The number of amides is 1. The highest BCUT2D eigenvalue weighted by Crippen LogP contribution is 2.28. The van der Waals surface area contributed by atoms with Crippen molar-refractivity contribution in [3.05, 3.63) is 53.6 Å². The minimum atomic E-state index is -0.0593. The highest BCUT2D eigenvalue weighted by Gasteiger charge is 2.05. The van der Waals surface area contributed by atoms with Crippen LogP contribution >= 0.6 is 0 Å². The number of ether oxygens (including phenoxy) is 2. The first kappa shape index (κ1) is 19.5. The smallest absolute Gasteiger partial charge is 0.224 e. The van der Waals surface area contributed by atoms with E-state index >= 15 is 0 Å². The van der Waals surface area contributed by atoms with Gasteiger partial charge in [0.25, 0.3) is 0 Å². The standard InChI is InChI=1S/C21H26N2O3/c1-25-19-12-11-17(15-20(19)26-2)7-3-6-16-8-4-9-18(14-16)23-21(24)10-5-13-22/h4,8-9,11-15,22H,3,5-7,10H2,1-2H3,(H,23,24). The maximum Gasteiger partial charge on any atom is 0.224 e. The summed E-state index contributed by atoms with van der Waals surface area (Å²) in [5.74, 6) is 1.43. The normalized spacial score (nSPS) is 10.2. The summed E-state index contributed by atoms with van der Waals surface area (Å²) >= 11 is 0. The molecular weight excluding hydrogens is 328 g/mol. The van der Waals surface area contributed by atoms with Crippen molar-refractivity contribution in [2.24, 2.45) is 0 Å². The van der Waals surface area contributed by atoms with E-state index in [-0.39, 0.29) is 5.91 Å². The number of rotatable bonds is 10. The molecule has 0 heterocycles. The van der Waals surface area contributed by atoms with Crippen LogP contribution in [0.2, 0.25) is 0 Å². The predicted octanol–water partition coefficient (Wildman–Crippen LogP) is 4.25. The van der Waals surface area contributed by atoms with E-state index < -0.39 is 0 Å². The summed E-state index contributed by atoms with van der Waals surface area (Å²) in [5, 5.41) is 9.87. The Hall–Kier alpha value is -2.82. The van der Waals surface area contributed by atoms with Gasteiger partial charge in [-0.05, 0) is 67.3 Å². The van der Waals surface area contributed by atoms with Gasteiger partial charge in [-0.15, -0.1) is 0 Å². The Morgan fingerprint density at radius 3 is 2.46 bits per heavy atom. The van der Waals surface area contributed by atoms with E-state index in [4.69, 9.17) is 14.9 Å². The van der Waals surface area contributed by atoms with E-state index in [1.165, 1.54) is 17.3 Å². The number of aryl methyl sites for hydroxylation is 2. The minimum Gasteiger partial charge on any atom is -0.493 e. The number of carbonyl (C=O) groups is 1. The van der Waals surface area contributed by atoms with Gasteiger partial charge in [0.2, 0.25) is 5.91 Å². The number of nitrogens with one attached hydrogen (secondary N) is 2. The fraction of sp³-hybridized carbons (Fsp3) is 0.333. The SMILES string of the molecule is COc1ccc(CCCc2cccc(NC(=O)CCC=N)c2)cc1OC. The molecule has 2 rings (SSSR count). The molecule has 0 atom stereocenters. The van der Waals surface area contributed by atoms with Gasteiger partial charge in [-0.2, -0.15) is 0 Å². The Kier molecular flexibility index (Phi) is 7.68. The molecule has 2 N–H and O–H groups in total. The van der Waals surface area contributed by atoms with Gasteiger partial charge in [-0.3, -0.25) is 4.79 Å². The zero-order valence-corrected chi connectivity index (χ0v) is 15.4. The van der Waals surface area contributed by atoms with Crippen LogP contribution in [-0.2, 0) is 17.6 Å². The second kappa shape index (κ2) is 10.2. The van der Waals surface area contributed by atoms with E-state index in [1.807, 2.05) is 30.3 Å². The zero-order valence-electron chi connectivity index (χ0n) is 15.4. The second-order valence-electron chi connectivity index (χ2n) is 6.03. The largest absolute Gasteiger partial charge is 0.493 e. The van der Waals surface area contributed by atoms with Crippen molar-refractivity contribution < 1.29 is 14.3 Å². The van der Waals surface area contributed by atoms with Crippen molar-refractivity contribution in [3.63, 3.8) is 0 Å². The van der Waals surface area contributed by atoms with E-state index in [2.05, 4.69) is 17.4 Å². The Morgan fingerprint density at radius 1 is 1.04 bits per heavy atom. The van der Waals surface area contributed by atoms with E-state index in [9.17, 15) is 4.79 Å². The van der Waals surface area contributed by atoms with Gasteiger partial charge < -0.3 is 20.2 Å². The van der Waals surface area contributed by atoms with Crippen molar-refractivity contribution in [1.29, 1.82) is 5.41 Å². The Balaban J connectivity index is 1.88. The number of methoxy groups -OCH3 is 2. The van der Waals surface area contributed by atoms with Crippen molar-refractivity contribution in [2.45, 2.75) is 32.1 Å². The molecule has 0 fully saturated rings. The molecule has 0 aromatic heterocycles. The molecule has 0 unspecified atom stereocenters. The van der Waals surface area contributed by atoms with Gasteiger partial charge in [-0.25, -0.2) is 0 Å². The van der Waals surface area contributed by atoms with Gasteiger partial charge in [0, 0.05) is 12.1 Å². The molecule has 2 aromatic rings. The fourth-order valence-corrected chi connectivity index (χ4v) is 2.76. The van der Waals surface area contributed by atoms with E-state index in [1.54, 1.807) is 14.2 Å². The van der Waals surface area contributed by atoms with Crippen LogP contribution in [0.4, 0.5) is 5.69 Å². The molecule has 0 radical (unpaired) electrons. The van der Waals surface area contributed by atoms with E-state index in [0.29, 0.717) is 12.8 Å².